The van der Waals surface area contributed by atoms with Crippen molar-refractivity contribution in [1.29, 1.82) is 0 Å². The number of benzene rings is 3. The Hall–Kier alpha value is -4.69. The van der Waals surface area contributed by atoms with Crippen LogP contribution < -0.4 is 0 Å². The molecule has 2 atom stereocenters. The fourth-order valence-corrected chi connectivity index (χ4v) is 3.98. The summed E-state index contributed by atoms with van der Waals surface area (Å²) in [6.45, 7) is 0. The van der Waals surface area contributed by atoms with Gasteiger partial charge in [0.1, 0.15) is 5.76 Å². The highest BCUT2D eigenvalue weighted by molar-refractivity contribution is 6.39. The van der Waals surface area contributed by atoms with Gasteiger partial charge in [-0.2, -0.15) is 0 Å². The summed E-state index contributed by atoms with van der Waals surface area (Å²) >= 11 is 6.61. The summed E-state index contributed by atoms with van der Waals surface area (Å²) in [5.41, 5.74) is -0.960. The molecule has 2 unspecified atom stereocenters. The molecule has 0 aliphatic heterocycles. The lowest BCUT2D eigenvalue weighted by Gasteiger charge is -2.37. The molecule has 0 saturated heterocycles. The number of aliphatic hydroxyl groups excluding tert-OH is 1. The van der Waals surface area contributed by atoms with Gasteiger partial charge in [0.2, 0.25) is 5.78 Å². The van der Waals surface area contributed by atoms with Gasteiger partial charge in [0.05, 0.1) is 22.3 Å². The van der Waals surface area contributed by atoms with Gasteiger partial charge >= 0.3 is 17.9 Å². The van der Waals surface area contributed by atoms with Crippen LogP contribution in [0.5, 0.6) is 0 Å². The molecule has 9 heteroatoms. The van der Waals surface area contributed by atoms with Crippen LogP contribution in [-0.4, -0.2) is 45.1 Å². The van der Waals surface area contributed by atoms with Gasteiger partial charge in [0, 0.05) is 11.6 Å². The maximum Gasteiger partial charge on any atom is 0.340 e. The van der Waals surface area contributed by atoms with E-state index >= 15 is 0 Å². The van der Waals surface area contributed by atoms with Crippen LogP contribution in [0.15, 0.2) is 108 Å². The van der Waals surface area contributed by atoms with Crippen LogP contribution >= 0.6 is 11.6 Å². The molecule has 0 fully saturated rings. The summed E-state index contributed by atoms with van der Waals surface area (Å²) in [5, 5.41) is 18.3. The van der Waals surface area contributed by atoms with Crippen molar-refractivity contribution in [2.75, 3.05) is 0 Å². The molecule has 2 N–H and O–H groups in total. The molecule has 0 amide bonds. The van der Waals surface area contributed by atoms with Crippen LogP contribution in [0.4, 0.5) is 0 Å². The second kappa shape index (κ2) is 10.5. The maximum atomic E-state index is 13.2. The maximum absolute atomic E-state index is 13.2. The molecule has 0 radical (unpaired) electrons. The van der Waals surface area contributed by atoms with Crippen LogP contribution in [0.25, 0.3) is 5.76 Å². The van der Waals surface area contributed by atoms with Crippen LogP contribution in [0, 0.1) is 0 Å². The van der Waals surface area contributed by atoms with E-state index in [-0.39, 0.29) is 16.7 Å². The number of alkyl halides is 1. The fourth-order valence-electron chi connectivity index (χ4n) is 3.70. The molecule has 0 aromatic heterocycles. The Kier molecular flexibility index (Phi) is 7.22. The zero-order valence-corrected chi connectivity index (χ0v) is 19.8. The monoisotopic (exact) mass is 518 g/mol. The minimum atomic E-state index is -2.73. The van der Waals surface area contributed by atoms with Crippen LogP contribution in [-0.2, 0) is 19.1 Å². The Balaban J connectivity index is 1.90. The van der Waals surface area contributed by atoms with Crippen molar-refractivity contribution in [3.05, 3.63) is 125 Å². The lowest BCUT2D eigenvalue weighted by Crippen LogP contribution is -2.54. The summed E-state index contributed by atoms with van der Waals surface area (Å²) in [4.78, 5) is 51.3. The van der Waals surface area contributed by atoms with Crippen molar-refractivity contribution in [2.45, 2.75) is 11.2 Å². The predicted molar refractivity (Wildman–Crippen MR) is 133 cm³/mol. The zero-order valence-electron chi connectivity index (χ0n) is 19.0. The van der Waals surface area contributed by atoms with Crippen molar-refractivity contribution in [2.24, 2.45) is 0 Å². The molecular formula is C28H19ClO8. The number of rotatable bonds is 6. The Morgan fingerprint density at radius 2 is 1.19 bits per heavy atom. The molecule has 0 bridgehead atoms. The molecule has 3 aromatic carbocycles. The Labute approximate surface area is 216 Å². The lowest BCUT2D eigenvalue weighted by atomic mass is 9.84. The summed E-state index contributed by atoms with van der Waals surface area (Å²) < 4.78 is 10.9. The summed E-state index contributed by atoms with van der Waals surface area (Å²) in [6.07, 6.45) is -1.40. The minimum absolute atomic E-state index is 0.0364. The number of halogens is 1. The number of hydrogen-bond donors (Lipinski definition) is 2. The van der Waals surface area contributed by atoms with Crippen molar-refractivity contribution < 1.29 is 38.9 Å². The minimum Gasteiger partial charge on any atom is -0.507 e. The number of hydrogen-bond acceptors (Lipinski definition) is 7. The van der Waals surface area contributed by atoms with Gasteiger partial charge < -0.3 is 19.7 Å². The molecule has 37 heavy (non-hydrogen) atoms. The normalized spacial score (nSPS) is 20.4. The fraction of sp³-hybridized carbons (Fsp3) is 0.0714. The Morgan fingerprint density at radius 1 is 0.730 bits per heavy atom. The Morgan fingerprint density at radius 3 is 1.68 bits per heavy atom. The van der Waals surface area contributed by atoms with E-state index in [9.17, 15) is 29.4 Å². The summed E-state index contributed by atoms with van der Waals surface area (Å²) in [7, 11) is 0. The number of aliphatic hydroxyl groups is 1. The quantitative estimate of drug-likeness (QED) is 0.276. The van der Waals surface area contributed by atoms with E-state index in [1.54, 1.807) is 54.6 Å². The Bertz CT molecular complexity index is 1410. The first-order chi connectivity index (χ1) is 17.7. The number of carboxylic acids is 1. The highest BCUT2D eigenvalue weighted by Gasteiger charge is 2.57. The highest BCUT2D eigenvalue weighted by atomic mass is 35.5. The number of esters is 2. The predicted octanol–water partition coefficient (Wildman–Crippen LogP) is 4.57. The van der Waals surface area contributed by atoms with Crippen molar-refractivity contribution in [3.8, 4) is 0 Å². The molecule has 0 heterocycles. The van der Waals surface area contributed by atoms with Crippen LogP contribution in [0.3, 0.4) is 0 Å². The molecule has 0 spiro atoms. The molecule has 4 rings (SSSR count). The number of ether oxygens (including phenoxy) is 2. The van der Waals surface area contributed by atoms with Crippen LogP contribution in [0.2, 0.25) is 0 Å². The molecule has 3 aromatic rings. The van der Waals surface area contributed by atoms with E-state index in [4.69, 9.17) is 21.1 Å². The third-order valence-corrected chi connectivity index (χ3v) is 5.98. The number of aliphatic carboxylic acids is 1. The number of ketones is 1. The van der Waals surface area contributed by atoms with E-state index in [0.717, 1.165) is 0 Å². The van der Waals surface area contributed by atoms with E-state index in [2.05, 4.69) is 0 Å². The second-order valence-corrected chi connectivity index (χ2v) is 8.47. The third-order valence-electron chi connectivity index (χ3n) is 5.52. The first-order valence-electron chi connectivity index (χ1n) is 10.9. The molecule has 1 aliphatic carbocycles. The zero-order chi connectivity index (χ0) is 26.6. The van der Waals surface area contributed by atoms with Gasteiger partial charge in [-0.15, -0.1) is 0 Å². The molecule has 0 saturated carbocycles. The van der Waals surface area contributed by atoms with E-state index in [0.29, 0.717) is 6.08 Å². The van der Waals surface area contributed by atoms with Gasteiger partial charge in [0.15, 0.2) is 6.10 Å². The average Bonchev–Trinajstić information content (AvgIpc) is 2.92. The number of carboxylic acid groups (broad SMARTS) is 1. The largest absolute Gasteiger partial charge is 0.507 e. The van der Waals surface area contributed by atoms with Gasteiger partial charge in [-0.1, -0.05) is 78.3 Å². The van der Waals surface area contributed by atoms with Gasteiger partial charge in [-0.05, 0) is 24.3 Å². The summed E-state index contributed by atoms with van der Waals surface area (Å²) in [6, 6.07) is 23.0. The molecule has 1 aliphatic rings. The van der Waals surface area contributed by atoms with Crippen molar-refractivity contribution >= 4 is 41.1 Å². The highest BCUT2D eigenvalue weighted by Crippen LogP contribution is 2.42. The first-order valence-corrected chi connectivity index (χ1v) is 11.3. The standard InChI is InChI=1S/C28H19ClO8/c29-28(37-27(35)19-14-8-3-9-15-19)21(30)16-20(25(32)33)22(23(31)17-10-4-1-5-11-17)24(28)36-26(34)18-12-6-2-7-13-18/h1-16,24,31H,(H,32,33). The van der Waals surface area contributed by atoms with Gasteiger partial charge in [-0.3, -0.25) is 4.79 Å². The molecular weight excluding hydrogens is 500 g/mol. The van der Waals surface area contributed by atoms with E-state index in [1.807, 2.05) is 0 Å². The topological polar surface area (TPSA) is 127 Å². The van der Waals surface area contributed by atoms with E-state index in [1.165, 1.54) is 36.4 Å². The first kappa shape index (κ1) is 25.4. The van der Waals surface area contributed by atoms with Crippen molar-refractivity contribution in [1.82, 2.24) is 0 Å². The molecule has 186 valence electrons. The number of carbonyl (C=O) groups is 4. The van der Waals surface area contributed by atoms with Crippen LogP contribution in [0.1, 0.15) is 26.3 Å². The summed E-state index contributed by atoms with van der Waals surface area (Å²) in [5.74, 6) is -5.42. The van der Waals surface area contributed by atoms with Crippen molar-refractivity contribution in [3.63, 3.8) is 0 Å². The van der Waals surface area contributed by atoms with E-state index < -0.39 is 51.8 Å². The molecule has 8 nitrogen and oxygen atoms in total. The lowest BCUT2D eigenvalue weighted by molar-refractivity contribution is -0.137. The SMILES string of the molecule is O=C(O)C1=CC(=O)C(Cl)(OC(=O)c2ccccc2)C(OC(=O)c2ccccc2)C1=C(O)c1ccccc1. The van der Waals surface area contributed by atoms with Gasteiger partial charge in [0.25, 0.3) is 5.06 Å². The smallest absolute Gasteiger partial charge is 0.340 e. The second-order valence-electron chi connectivity index (χ2n) is 7.91. The third kappa shape index (κ3) is 5.14. The number of carbonyl (C=O) groups excluding carboxylic acids is 3. The average molecular weight is 519 g/mol. The van der Waals surface area contributed by atoms with Gasteiger partial charge in [-0.25, -0.2) is 14.4 Å².